The number of benzene rings is 3. The van der Waals surface area contributed by atoms with Crippen molar-refractivity contribution in [2.45, 2.75) is 20.0 Å². The molecule has 0 aromatic heterocycles. The molecule has 8 heteroatoms. The Balaban J connectivity index is 1.43. The Hall–Kier alpha value is -3.35. The standard InChI is InChI=1S/C24H21Cl2N3O3/c1-16-6-9-19(12-22(16)26)28-23(30)13-24(31)29-27-14-17-7-10-20(11-8-17)32-15-18-4-2-3-5-21(18)25/h2-12,14H,13,15H2,1H3,(H,28,30)(H,29,31). The van der Waals surface area contributed by atoms with E-state index in [0.29, 0.717) is 28.1 Å². The second kappa shape index (κ2) is 11.3. The highest BCUT2D eigenvalue weighted by Gasteiger charge is 2.09. The molecule has 0 aliphatic rings. The minimum absolute atomic E-state index is 0.361. The van der Waals surface area contributed by atoms with E-state index < -0.39 is 11.8 Å². The van der Waals surface area contributed by atoms with Crippen LogP contribution in [0.2, 0.25) is 10.0 Å². The number of rotatable bonds is 8. The average molecular weight is 470 g/mol. The molecule has 6 nitrogen and oxygen atoms in total. The van der Waals surface area contributed by atoms with Gasteiger partial charge in [-0.25, -0.2) is 5.43 Å². The average Bonchev–Trinajstić information content (AvgIpc) is 2.76. The number of aryl methyl sites for hydroxylation is 1. The molecule has 3 aromatic carbocycles. The van der Waals surface area contributed by atoms with Crippen molar-refractivity contribution in [3.8, 4) is 5.75 Å². The molecule has 0 radical (unpaired) electrons. The predicted molar refractivity (Wildman–Crippen MR) is 127 cm³/mol. The van der Waals surface area contributed by atoms with Crippen LogP contribution in [-0.2, 0) is 16.2 Å². The minimum Gasteiger partial charge on any atom is -0.489 e. The summed E-state index contributed by atoms with van der Waals surface area (Å²) in [5.41, 5.74) is 5.42. The van der Waals surface area contributed by atoms with Gasteiger partial charge in [-0.1, -0.05) is 47.5 Å². The Morgan fingerprint density at radius 3 is 2.44 bits per heavy atom. The van der Waals surface area contributed by atoms with E-state index in [1.165, 1.54) is 6.21 Å². The quantitative estimate of drug-likeness (QED) is 0.264. The summed E-state index contributed by atoms with van der Waals surface area (Å²) in [5.74, 6) is -0.312. The van der Waals surface area contributed by atoms with Crippen molar-refractivity contribution < 1.29 is 14.3 Å². The summed E-state index contributed by atoms with van der Waals surface area (Å²) in [6.45, 7) is 2.22. The molecule has 2 N–H and O–H groups in total. The van der Waals surface area contributed by atoms with E-state index >= 15 is 0 Å². The van der Waals surface area contributed by atoms with Gasteiger partial charge in [-0.3, -0.25) is 9.59 Å². The van der Waals surface area contributed by atoms with Crippen LogP contribution in [0, 0.1) is 6.92 Å². The van der Waals surface area contributed by atoms with E-state index in [1.54, 1.807) is 42.5 Å². The molecule has 0 saturated carbocycles. The van der Waals surface area contributed by atoms with Crippen LogP contribution in [0.5, 0.6) is 5.75 Å². The first-order chi connectivity index (χ1) is 15.4. The zero-order valence-corrected chi connectivity index (χ0v) is 18.8. The maximum Gasteiger partial charge on any atom is 0.249 e. The molecule has 0 spiro atoms. The smallest absolute Gasteiger partial charge is 0.249 e. The van der Waals surface area contributed by atoms with Crippen LogP contribution in [0.3, 0.4) is 0 Å². The second-order valence-corrected chi connectivity index (χ2v) is 7.75. The zero-order chi connectivity index (χ0) is 22.9. The Kier molecular flexibility index (Phi) is 8.25. The van der Waals surface area contributed by atoms with Gasteiger partial charge in [0.1, 0.15) is 18.8 Å². The predicted octanol–water partition coefficient (Wildman–Crippen LogP) is 5.36. The normalized spacial score (nSPS) is 10.7. The van der Waals surface area contributed by atoms with Gasteiger partial charge in [0, 0.05) is 21.3 Å². The summed E-state index contributed by atoms with van der Waals surface area (Å²) in [6, 6.07) is 19.8. The Morgan fingerprint density at radius 2 is 1.72 bits per heavy atom. The van der Waals surface area contributed by atoms with Crippen molar-refractivity contribution in [3.05, 3.63) is 93.5 Å². The molecular weight excluding hydrogens is 449 g/mol. The topological polar surface area (TPSA) is 79.8 Å². The molecular formula is C24H21Cl2N3O3. The highest BCUT2D eigenvalue weighted by atomic mass is 35.5. The van der Waals surface area contributed by atoms with Gasteiger partial charge in [-0.2, -0.15) is 5.10 Å². The van der Waals surface area contributed by atoms with E-state index in [9.17, 15) is 9.59 Å². The molecule has 32 heavy (non-hydrogen) atoms. The van der Waals surface area contributed by atoms with E-state index in [1.807, 2.05) is 31.2 Å². The number of anilines is 1. The molecule has 0 bridgehead atoms. The lowest BCUT2D eigenvalue weighted by Crippen LogP contribution is -2.24. The van der Waals surface area contributed by atoms with Crippen LogP contribution in [0.4, 0.5) is 5.69 Å². The van der Waals surface area contributed by atoms with Gasteiger partial charge in [0.15, 0.2) is 0 Å². The van der Waals surface area contributed by atoms with Crippen molar-refractivity contribution >= 4 is 46.9 Å². The maximum absolute atomic E-state index is 12.0. The largest absolute Gasteiger partial charge is 0.489 e. The number of hydrazone groups is 1. The monoisotopic (exact) mass is 469 g/mol. The van der Waals surface area contributed by atoms with Crippen molar-refractivity contribution in [3.63, 3.8) is 0 Å². The fourth-order valence-corrected chi connectivity index (χ4v) is 3.04. The van der Waals surface area contributed by atoms with Gasteiger partial charge in [0.25, 0.3) is 0 Å². The molecule has 0 fully saturated rings. The van der Waals surface area contributed by atoms with Crippen LogP contribution in [0.1, 0.15) is 23.1 Å². The van der Waals surface area contributed by atoms with Gasteiger partial charge in [-0.05, 0) is 60.5 Å². The molecule has 164 valence electrons. The van der Waals surface area contributed by atoms with Crippen LogP contribution >= 0.6 is 23.2 Å². The van der Waals surface area contributed by atoms with E-state index in [0.717, 1.165) is 16.7 Å². The van der Waals surface area contributed by atoms with Crippen LogP contribution in [-0.4, -0.2) is 18.0 Å². The van der Waals surface area contributed by atoms with Crippen LogP contribution in [0.15, 0.2) is 71.8 Å². The van der Waals surface area contributed by atoms with Gasteiger partial charge < -0.3 is 10.1 Å². The van der Waals surface area contributed by atoms with Crippen LogP contribution < -0.4 is 15.5 Å². The molecule has 0 atom stereocenters. The molecule has 3 aromatic rings. The molecule has 0 unspecified atom stereocenters. The fourth-order valence-electron chi connectivity index (χ4n) is 2.67. The molecule has 2 amide bonds. The highest BCUT2D eigenvalue weighted by Crippen LogP contribution is 2.20. The molecule has 0 aliphatic carbocycles. The summed E-state index contributed by atoms with van der Waals surface area (Å²) in [4.78, 5) is 23.9. The summed E-state index contributed by atoms with van der Waals surface area (Å²) in [7, 11) is 0. The number of hydrogen-bond acceptors (Lipinski definition) is 4. The molecule has 3 rings (SSSR count). The highest BCUT2D eigenvalue weighted by molar-refractivity contribution is 6.31. The number of carbonyl (C=O) groups excluding carboxylic acids is 2. The lowest BCUT2D eigenvalue weighted by molar-refractivity contribution is -0.126. The number of ether oxygens (including phenoxy) is 1. The van der Waals surface area contributed by atoms with E-state index in [4.69, 9.17) is 27.9 Å². The number of halogens is 2. The zero-order valence-electron chi connectivity index (χ0n) is 17.3. The molecule has 0 aliphatic heterocycles. The third kappa shape index (κ3) is 7.11. The fraction of sp³-hybridized carbons (Fsp3) is 0.125. The maximum atomic E-state index is 12.0. The summed E-state index contributed by atoms with van der Waals surface area (Å²) in [6.07, 6.45) is 1.12. The second-order valence-electron chi connectivity index (χ2n) is 6.93. The first kappa shape index (κ1) is 23.3. The minimum atomic E-state index is -0.531. The number of carbonyl (C=O) groups is 2. The van der Waals surface area contributed by atoms with E-state index in [-0.39, 0.29) is 6.42 Å². The van der Waals surface area contributed by atoms with Crippen LogP contribution in [0.25, 0.3) is 0 Å². The number of nitrogens with one attached hydrogen (secondary N) is 2. The first-order valence-corrected chi connectivity index (χ1v) is 10.5. The number of nitrogens with zero attached hydrogens (tertiary/aromatic N) is 1. The Morgan fingerprint density at radius 1 is 0.969 bits per heavy atom. The van der Waals surface area contributed by atoms with Gasteiger partial charge in [-0.15, -0.1) is 0 Å². The Bertz CT molecular complexity index is 1130. The SMILES string of the molecule is Cc1ccc(NC(=O)CC(=O)NN=Cc2ccc(OCc3ccccc3Cl)cc2)cc1Cl. The van der Waals surface area contributed by atoms with Gasteiger partial charge in [0.05, 0.1) is 6.21 Å². The van der Waals surface area contributed by atoms with Crippen molar-refractivity contribution in [1.29, 1.82) is 0 Å². The lowest BCUT2D eigenvalue weighted by Gasteiger charge is -2.08. The third-order valence-electron chi connectivity index (χ3n) is 4.41. The van der Waals surface area contributed by atoms with E-state index in [2.05, 4.69) is 15.8 Å². The number of hydrogen-bond donors (Lipinski definition) is 2. The van der Waals surface area contributed by atoms with Gasteiger partial charge in [0.2, 0.25) is 11.8 Å². The number of amides is 2. The van der Waals surface area contributed by atoms with Crippen molar-refractivity contribution in [2.24, 2.45) is 5.10 Å². The first-order valence-electron chi connectivity index (χ1n) is 9.75. The van der Waals surface area contributed by atoms with Crippen molar-refractivity contribution in [1.82, 2.24) is 5.43 Å². The summed E-state index contributed by atoms with van der Waals surface area (Å²) < 4.78 is 5.73. The Labute approximate surface area is 196 Å². The summed E-state index contributed by atoms with van der Waals surface area (Å²) in [5, 5.41) is 7.70. The lowest BCUT2D eigenvalue weighted by atomic mass is 10.2. The molecule has 0 heterocycles. The third-order valence-corrected chi connectivity index (χ3v) is 5.19. The van der Waals surface area contributed by atoms with Gasteiger partial charge >= 0.3 is 0 Å². The molecule has 0 saturated heterocycles. The van der Waals surface area contributed by atoms with Crippen molar-refractivity contribution in [2.75, 3.05) is 5.32 Å². The summed E-state index contributed by atoms with van der Waals surface area (Å²) >= 11 is 12.1.